The first kappa shape index (κ1) is 18.0. The number of hydrogen-bond donors (Lipinski definition) is 2. The highest BCUT2D eigenvalue weighted by molar-refractivity contribution is 5.88. The molecule has 0 aliphatic heterocycles. The molecule has 1 aromatic heterocycles. The molecular formula is C18H26N4O2. The van der Waals surface area contributed by atoms with Gasteiger partial charge in [-0.2, -0.15) is 5.10 Å². The number of hydrogen-bond acceptors (Lipinski definition) is 3. The molecule has 1 heterocycles. The van der Waals surface area contributed by atoms with Gasteiger partial charge in [0.05, 0.1) is 25.5 Å². The maximum atomic E-state index is 12.0. The molecule has 130 valence electrons. The molecule has 1 aromatic carbocycles. The second-order valence-corrected chi connectivity index (χ2v) is 6.06. The Balaban J connectivity index is 1.69. The van der Waals surface area contributed by atoms with E-state index in [-0.39, 0.29) is 12.1 Å². The van der Waals surface area contributed by atoms with Gasteiger partial charge in [-0.25, -0.2) is 9.48 Å². The Labute approximate surface area is 143 Å². The van der Waals surface area contributed by atoms with Gasteiger partial charge in [-0.1, -0.05) is 44.2 Å². The maximum Gasteiger partial charge on any atom is 0.320 e. The van der Waals surface area contributed by atoms with Crippen LogP contribution in [0.1, 0.15) is 32.4 Å². The molecule has 0 saturated heterocycles. The molecular weight excluding hydrogens is 304 g/mol. The van der Waals surface area contributed by atoms with Crippen LogP contribution in [-0.2, 0) is 11.3 Å². The average Bonchev–Trinajstić information content (AvgIpc) is 3.02. The van der Waals surface area contributed by atoms with Gasteiger partial charge in [-0.3, -0.25) is 5.32 Å². The van der Waals surface area contributed by atoms with Crippen LogP contribution in [0.15, 0.2) is 42.6 Å². The van der Waals surface area contributed by atoms with Crippen LogP contribution in [0, 0.1) is 5.92 Å². The molecule has 0 aliphatic carbocycles. The van der Waals surface area contributed by atoms with Crippen LogP contribution < -0.4 is 10.6 Å². The minimum atomic E-state index is -0.254. The second kappa shape index (κ2) is 9.08. The number of carbonyl (C=O) groups is 1. The predicted octanol–water partition coefficient (Wildman–Crippen LogP) is 3.44. The van der Waals surface area contributed by atoms with Crippen molar-refractivity contribution in [3.05, 3.63) is 48.2 Å². The summed E-state index contributed by atoms with van der Waals surface area (Å²) in [6, 6.07) is 11.7. The largest absolute Gasteiger partial charge is 0.375 e. The van der Waals surface area contributed by atoms with Gasteiger partial charge in [0.25, 0.3) is 0 Å². The van der Waals surface area contributed by atoms with Gasteiger partial charge in [-0.05, 0) is 18.4 Å². The number of benzene rings is 1. The molecule has 2 N–H and O–H groups in total. The standard InChI is InChI=1S/C18H26N4O2/c1-14(2)15(3)22-17(9-10-20-22)21-18(23)19-11-12-24-13-16-7-5-4-6-8-16/h4-10,14-15H,11-13H2,1-3H3,(H2,19,21,23). The fourth-order valence-corrected chi connectivity index (χ4v) is 2.18. The summed E-state index contributed by atoms with van der Waals surface area (Å²) in [5.41, 5.74) is 1.12. The Bertz CT molecular complexity index is 625. The number of amides is 2. The molecule has 0 bridgehead atoms. The van der Waals surface area contributed by atoms with E-state index >= 15 is 0 Å². The smallest absolute Gasteiger partial charge is 0.320 e. The molecule has 0 aliphatic rings. The van der Waals surface area contributed by atoms with E-state index in [0.717, 1.165) is 5.56 Å². The van der Waals surface area contributed by atoms with Crippen molar-refractivity contribution in [2.24, 2.45) is 5.92 Å². The van der Waals surface area contributed by atoms with Gasteiger partial charge < -0.3 is 10.1 Å². The molecule has 2 amide bonds. The van der Waals surface area contributed by atoms with Gasteiger partial charge in [0.15, 0.2) is 0 Å². The SMILES string of the molecule is CC(C)C(C)n1nccc1NC(=O)NCCOCc1ccccc1. The zero-order valence-electron chi connectivity index (χ0n) is 14.5. The van der Waals surface area contributed by atoms with E-state index in [2.05, 4.69) is 36.5 Å². The number of nitrogens with one attached hydrogen (secondary N) is 2. The Hall–Kier alpha value is -2.34. The van der Waals surface area contributed by atoms with E-state index in [1.807, 2.05) is 35.0 Å². The van der Waals surface area contributed by atoms with Crippen LogP contribution in [-0.4, -0.2) is 29.0 Å². The summed E-state index contributed by atoms with van der Waals surface area (Å²) in [4.78, 5) is 12.0. The molecule has 2 rings (SSSR count). The summed E-state index contributed by atoms with van der Waals surface area (Å²) >= 11 is 0. The number of aromatic nitrogens is 2. The Kier molecular flexibility index (Phi) is 6.81. The van der Waals surface area contributed by atoms with Crippen LogP contribution in [0.4, 0.5) is 10.6 Å². The van der Waals surface area contributed by atoms with Gasteiger partial charge in [-0.15, -0.1) is 0 Å². The van der Waals surface area contributed by atoms with Crippen molar-refractivity contribution in [1.29, 1.82) is 0 Å². The van der Waals surface area contributed by atoms with Crippen molar-refractivity contribution in [3.8, 4) is 0 Å². The first-order chi connectivity index (χ1) is 11.6. The lowest BCUT2D eigenvalue weighted by molar-refractivity contribution is 0.124. The first-order valence-corrected chi connectivity index (χ1v) is 8.28. The third-order valence-electron chi connectivity index (χ3n) is 3.91. The molecule has 0 spiro atoms. The van der Waals surface area contributed by atoms with Crippen LogP contribution >= 0.6 is 0 Å². The lowest BCUT2D eigenvalue weighted by atomic mass is 10.1. The highest BCUT2D eigenvalue weighted by Crippen LogP contribution is 2.20. The van der Waals surface area contributed by atoms with Crippen LogP contribution in [0.5, 0.6) is 0 Å². The topological polar surface area (TPSA) is 68.2 Å². The average molecular weight is 330 g/mol. The van der Waals surface area contributed by atoms with Crippen LogP contribution in [0.3, 0.4) is 0 Å². The highest BCUT2D eigenvalue weighted by Gasteiger charge is 2.14. The molecule has 0 radical (unpaired) electrons. The summed E-state index contributed by atoms with van der Waals surface area (Å²) in [5.74, 6) is 1.12. The summed E-state index contributed by atoms with van der Waals surface area (Å²) < 4.78 is 7.37. The van der Waals surface area contributed by atoms with Crippen molar-refractivity contribution in [1.82, 2.24) is 15.1 Å². The Morgan fingerprint density at radius 3 is 2.67 bits per heavy atom. The second-order valence-electron chi connectivity index (χ2n) is 6.06. The number of ether oxygens (including phenoxy) is 1. The van der Waals surface area contributed by atoms with Crippen LogP contribution in [0.25, 0.3) is 0 Å². The lowest BCUT2D eigenvalue weighted by Gasteiger charge is -2.19. The first-order valence-electron chi connectivity index (χ1n) is 8.28. The molecule has 0 fully saturated rings. The zero-order valence-corrected chi connectivity index (χ0v) is 14.5. The quantitative estimate of drug-likeness (QED) is 0.729. The summed E-state index contributed by atoms with van der Waals surface area (Å²) in [6.07, 6.45) is 1.69. The Morgan fingerprint density at radius 2 is 1.96 bits per heavy atom. The van der Waals surface area contributed by atoms with Crippen molar-refractivity contribution in [2.45, 2.75) is 33.4 Å². The van der Waals surface area contributed by atoms with Gasteiger partial charge in [0.2, 0.25) is 0 Å². The van der Waals surface area contributed by atoms with E-state index in [1.165, 1.54) is 0 Å². The zero-order chi connectivity index (χ0) is 17.4. The van der Waals surface area contributed by atoms with E-state index in [9.17, 15) is 4.79 Å². The molecule has 6 heteroatoms. The Morgan fingerprint density at radius 1 is 1.21 bits per heavy atom. The number of urea groups is 1. The van der Waals surface area contributed by atoms with E-state index in [1.54, 1.807) is 12.3 Å². The number of anilines is 1. The van der Waals surface area contributed by atoms with E-state index < -0.39 is 0 Å². The molecule has 2 aromatic rings. The van der Waals surface area contributed by atoms with Crippen molar-refractivity contribution >= 4 is 11.8 Å². The van der Waals surface area contributed by atoms with Crippen molar-refractivity contribution in [3.63, 3.8) is 0 Å². The van der Waals surface area contributed by atoms with Crippen molar-refractivity contribution < 1.29 is 9.53 Å². The van der Waals surface area contributed by atoms with E-state index in [4.69, 9.17) is 4.74 Å². The maximum absolute atomic E-state index is 12.0. The van der Waals surface area contributed by atoms with Gasteiger partial charge in [0, 0.05) is 12.6 Å². The van der Waals surface area contributed by atoms with Crippen LogP contribution in [0.2, 0.25) is 0 Å². The molecule has 6 nitrogen and oxygen atoms in total. The third kappa shape index (κ3) is 5.38. The normalized spacial score (nSPS) is 12.2. The van der Waals surface area contributed by atoms with Gasteiger partial charge >= 0.3 is 6.03 Å². The molecule has 0 saturated carbocycles. The highest BCUT2D eigenvalue weighted by atomic mass is 16.5. The minimum Gasteiger partial charge on any atom is -0.375 e. The number of carbonyl (C=O) groups excluding carboxylic acids is 1. The van der Waals surface area contributed by atoms with E-state index in [0.29, 0.717) is 31.5 Å². The number of rotatable bonds is 8. The monoisotopic (exact) mass is 330 g/mol. The third-order valence-corrected chi connectivity index (χ3v) is 3.91. The van der Waals surface area contributed by atoms with Gasteiger partial charge in [0.1, 0.15) is 5.82 Å². The molecule has 1 unspecified atom stereocenters. The number of nitrogens with zero attached hydrogens (tertiary/aromatic N) is 2. The summed E-state index contributed by atoms with van der Waals surface area (Å²) in [6.45, 7) is 7.79. The molecule has 1 atom stereocenters. The summed E-state index contributed by atoms with van der Waals surface area (Å²) in [5, 5.41) is 9.90. The summed E-state index contributed by atoms with van der Waals surface area (Å²) in [7, 11) is 0. The predicted molar refractivity (Wildman–Crippen MR) is 94.9 cm³/mol. The lowest BCUT2D eigenvalue weighted by Crippen LogP contribution is -2.32. The van der Waals surface area contributed by atoms with Crippen molar-refractivity contribution in [2.75, 3.05) is 18.5 Å². The molecule has 24 heavy (non-hydrogen) atoms. The minimum absolute atomic E-state index is 0.213. The fourth-order valence-electron chi connectivity index (χ4n) is 2.18. The fraction of sp³-hybridized carbons (Fsp3) is 0.444.